The summed E-state index contributed by atoms with van der Waals surface area (Å²) in [5.41, 5.74) is 0.923. The lowest BCUT2D eigenvalue weighted by molar-refractivity contribution is 0.0398. The molecule has 1 aliphatic heterocycles. The van der Waals surface area contributed by atoms with Crippen LogP contribution in [0.3, 0.4) is 0 Å². The van der Waals surface area contributed by atoms with Crippen LogP contribution in [0.4, 0.5) is 17.5 Å². The summed E-state index contributed by atoms with van der Waals surface area (Å²) in [6.07, 6.45) is 1.92. The first-order valence-electron chi connectivity index (χ1n) is 9.10. The standard InChI is InChI=1S/C19H27N5O2/c1-15(2)26-17-5-3-16(4-6-17)22-19-21-8-7-18(23-19)20-9-10-24-11-13-25-14-12-24/h3-8,15H,9-14H2,1-2H3,(H2,20,21,22,23). The number of nitrogens with zero attached hydrogens (tertiary/aromatic N) is 3. The largest absolute Gasteiger partial charge is 0.491 e. The van der Waals surface area contributed by atoms with Gasteiger partial charge in [0.15, 0.2) is 0 Å². The first-order valence-corrected chi connectivity index (χ1v) is 9.10. The molecule has 0 atom stereocenters. The number of anilines is 3. The highest BCUT2D eigenvalue weighted by Gasteiger charge is 2.09. The molecule has 0 radical (unpaired) electrons. The predicted octanol–water partition coefficient (Wildman–Crippen LogP) is 2.75. The summed E-state index contributed by atoms with van der Waals surface area (Å²) >= 11 is 0. The average molecular weight is 357 g/mol. The molecule has 1 aliphatic rings. The number of rotatable bonds is 8. The van der Waals surface area contributed by atoms with E-state index in [0.717, 1.165) is 56.6 Å². The van der Waals surface area contributed by atoms with Crippen molar-refractivity contribution in [1.29, 1.82) is 0 Å². The van der Waals surface area contributed by atoms with Crippen molar-refractivity contribution in [3.8, 4) is 5.75 Å². The second kappa shape index (κ2) is 9.35. The fraction of sp³-hybridized carbons (Fsp3) is 0.474. The Morgan fingerprint density at radius 1 is 1.15 bits per heavy atom. The summed E-state index contributed by atoms with van der Waals surface area (Å²) in [7, 11) is 0. The number of hydrogen-bond acceptors (Lipinski definition) is 7. The summed E-state index contributed by atoms with van der Waals surface area (Å²) in [5, 5.41) is 6.58. The van der Waals surface area contributed by atoms with E-state index in [-0.39, 0.29) is 6.10 Å². The van der Waals surface area contributed by atoms with E-state index in [9.17, 15) is 0 Å². The molecular weight excluding hydrogens is 330 g/mol. The maximum Gasteiger partial charge on any atom is 0.229 e. The minimum absolute atomic E-state index is 0.164. The Morgan fingerprint density at radius 2 is 1.92 bits per heavy atom. The van der Waals surface area contributed by atoms with Crippen molar-refractivity contribution in [1.82, 2.24) is 14.9 Å². The zero-order valence-electron chi connectivity index (χ0n) is 15.4. The highest BCUT2D eigenvalue weighted by Crippen LogP contribution is 2.19. The Labute approximate surface area is 154 Å². The first kappa shape index (κ1) is 18.4. The monoisotopic (exact) mass is 357 g/mol. The van der Waals surface area contributed by atoms with Crippen molar-refractivity contribution in [2.24, 2.45) is 0 Å². The summed E-state index contributed by atoms with van der Waals surface area (Å²) in [6, 6.07) is 9.67. The van der Waals surface area contributed by atoms with Crippen molar-refractivity contribution in [3.05, 3.63) is 36.5 Å². The van der Waals surface area contributed by atoms with E-state index in [2.05, 4.69) is 25.5 Å². The molecule has 0 saturated carbocycles. The molecule has 7 nitrogen and oxygen atoms in total. The van der Waals surface area contributed by atoms with Crippen LogP contribution < -0.4 is 15.4 Å². The first-order chi connectivity index (χ1) is 12.7. The minimum Gasteiger partial charge on any atom is -0.491 e. The Bertz CT molecular complexity index is 672. The van der Waals surface area contributed by atoms with Crippen LogP contribution in [0.5, 0.6) is 5.75 Å². The van der Waals surface area contributed by atoms with E-state index in [1.807, 2.05) is 44.2 Å². The predicted molar refractivity (Wildman–Crippen MR) is 103 cm³/mol. The normalized spacial score (nSPS) is 15.0. The van der Waals surface area contributed by atoms with Crippen molar-refractivity contribution < 1.29 is 9.47 Å². The molecule has 1 fully saturated rings. The number of nitrogens with one attached hydrogen (secondary N) is 2. The SMILES string of the molecule is CC(C)Oc1ccc(Nc2nccc(NCCN3CCOCC3)n2)cc1. The average Bonchev–Trinajstić information content (AvgIpc) is 2.64. The zero-order valence-corrected chi connectivity index (χ0v) is 15.4. The third-order valence-electron chi connectivity index (χ3n) is 3.98. The molecule has 1 aromatic carbocycles. The molecule has 0 aliphatic carbocycles. The molecule has 0 spiro atoms. The maximum absolute atomic E-state index is 5.65. The minimum atomic E-state index is 0.164. The molecule has 26 heavy (non-hydrogen) atoms. The van der Waals surface area contributed by atoms with Gasteiger partial charge in [-0.1, -0.05) is 0 Å². The molecule has 1 aromatic heterocycles. The quantitative estimate of drug-likeness (QED) is 0.753. The molecule has 2 N–H and O–H groups in total. The topological polar surface area (TPSA) is 71.5 Å². The van der Waals surface area contributed by atoms with Crippen LogP contribution in [-0.4, -0.2) is 60.4 Å². The van der Waals surface area contributed by atoms with Crippen molar-refractivity contribution in [3.63, 3.8) is 0 Å². The Hall–Kier alpha value is -2.38. The summed E-state index contributed by atoms with van der Waals surface area (Å²) in [5.74, 6) is 2.24. The van der Waals surface area contributed by atoms with Crippen LogP contribution in [-0.2, 0) is 4.74 Å². The fourth-order valence-corrected chi connectivity index (χ4v) is 2.70. The molecule has 2 heterocycles. The number of benzene rings is 1. The molecule has 0 bridgehead atoms. The molecule has 1 saturated heterocycles. The van der Waals surface area contributed by atoms with Crippen molar-refractivity contribution >= 4 is 17.5 Å². The molecule has 7 heteroatoms. The molecule has 0 amide bonds. The smallest absolute Gasteiger partial charge is 0.229 e. The van der Waals surface area contributed by atoms with E-state index in [4.69, 9.17) is 9.47 Å². The summed E-state index contributed by atoms with van der Waals surface area (Å²) in [4.78, 5) is 11.2. The molecular formula is C19H27N5O2. The highest BCUT2D eigenvalue weighted by atomic mass is 16.5. The van der Waals surface area contributed by atoms with Crippen molar-refractivity contribution in [2.75, 3.05) is 50.0 Å². The van der Waals surface area contributed by atoms with Crippen molar-refractivity contribution in [2.45, 2.75) is 20.0 Å². The number of hydrogen-bond donors (Lipinski definition) is 2. The van der Waals surface area contributed by atoms with E-state index in [1.165, 1.54) is 0 Å². The van der Waals surface area contributed by atoms with Gasteiger partial charge in [0.2, 0.25) is 5.95 Å². The Morgan fingerprint density at radius 3 is 2.65 bits per heavy atom. The van der Waals surface area contributed by atoms with Gasteiger partial charge in [0.05, 0.1) is 19.3 Å². The van der Waals surface area contributed by atoms with E-state index >= 15 is 0 Å². The van der Waals surface area contributed by atoms with Gasteiger partial charge < -0.3 is 20.1 Å². The van der Waals surface area contributed by atoms with Gasteiger partial charge in [0, 0.05) is 38.1 Å². The Balaban J connectivity index is 1.50. The van der Waals surface area contributed by atoms with Gasteiger partial charge in [-0.25, -0.2) is 4.98 Å². The van der Waals surface area contributed by atoms with Gasteiger partial charge in [0.25, 0.3) is 0 Å². The van der Waals surface area contributed by atoms with Gasteiger partial charge in [-0.3, -0.25) is 4.90 Å². The van der Waals surface area contributed by atoms with Crippen LogP contribution in [0.1, 0.15) is 13.8 Å². The Kier molecular flexibility index (Phi) is 6.62. The number of morpholine rings is 1. The van der Waals surface area contributed by atoms with Crippen LogP contribution in [0, 0.1) is 0 Å². The van der Waals surface area contributed by atoms with Crippen LogP contribution in [0.25, 0.3) is 0 Å². The van der Waals surface area contributed by atoms with Crippen LogP contribution >= 0.6 is 0 Å². The van der Waals surface area contributed by atoms with Gasteiger partial charge in [0.1, 0.15) is 11.6 Å². The fourth-order valence-electron chi connectivity index (χ4n) is 2.70. The van der Waals surface area contributed by atoms with Crippen LogP contribution in [0.2, 0.25) is 0 Å². The highest BCUT2D eigenvalue weighted by molar-refractivity contribution is 5.55. The van der Waals surface area contributed by atoms with Gasteiger partial charge in [-0.15, -0.1) is 0 Å². The molecule has 2 aromatic rings. The van der Waals surface area contributed by atoms with E-state index < -0.39 is 0 Å². The van der Waals surface area contributed by atoms with E-state index in [0.29, 0.717) is 5.95 Å². The maximum atomic E-state index is 5.65. The summed E-state index contributed by atoms with van der Waals surface area (Å²) < 4.78 is 11.0. The molecule has 0 unspecified atom stereocenters. The van der Waals surface area contributed by atoms with Crippen LogP contribution in [0.15, 0.2) is 36.5 Å². The second-order valence-corrected chi connectivity index (χ2v) is 6.46. The lowest BCUT2D eigenvalue weighted by Gasteiger charge is -2.26. The lowest BCUT2D eigenvalue weighted by Crippen LogP contribution is -2.39. The summed E-state index contributed by atoms with van der Waals surface area (Å²) in [6.45, 7) is 9.48. The number of aromatic nitrogens is 2. The third kappa shape index (κ3) is 5.86. The third-order valence-corrected chi connectivity index (χ3v) is 3.98. The molecule has 3 rings (SSSR count). The van der Waals surface area contributed by atoms with Gasteiger partial charge in [-0.2, -0.15) is 4.98 Å². The van der Waals surface area contributed by atoms with Gasteiger partial charge in [-0.05, 0) is 44.2 Å². The van der Waals surface area contributed by atoms with Gasteiger partial charge >= 0.3 is 0 Å². The second-order valence-electron chi connectivity index (χ2n) is 6.46. The molecule has 140 valence electrons. The zero-order chi connectivity index (χ0) is 18.2. The van der Waals surface area contributed by atoms with E-state index in [1.54, 1.807) is 6.20 Å². The lowest BCUT2D eigenvalue weighted by atomic mass is 10.3. The number of ether oxygens (including phenoxy) is 2.